The Bertz CT molecular complexity index is 1020. The third-order valence-corrected chi connectivity index (χ3v) is 9.23. The lowest BCUT2D eigenvalue weighted by atomic mass is 9.91. The van der Waals surface area contributed by atoms with Crippen LogP contribution in [0.3, 0.4) is 0 Å². The van der Waals surface area contributed by atoms with E-state index in [9.17, 15) is 18.8 Å². The number of hydrogen-bond donors (Lipinski definition) is 1. The van der Waals surface area contributed by atoms with Gasteiger partial charge in [0.25, 0.3) is 5.91 Å². The summed E-state index contributed by atoms with van der Waals surface area (Å²) in [4.78, 5) is 45.5. The Labute approximate surface area is 217 Å². The second-order valence-corrected chi connectivity index (χ2v) is 11.3. The maximum atomic E-state index is 14.5. The number of rotatable bonds is 6. The molecule has 3 heterocycles. The summed E-state index contributed by atoms with van der Waals surface area (Å²) in [5, 5.41) is 2.97. The number of anilines is 1. The van der Waals surface area contributed by atoms with Crippen molar-refractivity contribution in [2.45, 2.75) is 75.3 Å². The Balaban J connectivity index is 1.12. The van der Waals surface area contributed by atoms with Gasteiger partial charge in [-0.15, -0.1) is 0 Å². The zero-order valence-electron chi connectivity index (χ0n) is 21.3. The van der Waals surface area contributed by atoms with E-state index in [0.29, 0.717) is 5.56 Å². The molecule has 0 spiro atoms. The van der Waals surface area contributed by atoms with E-state index in [2.05, 4.69) is 15.1 Å². The number of nitrogens with one attached hydrogen (secondary N) is 1. The summed E-state index contributed by atoms with van der Waals surface area (Å²) < 4.78 is 19.9. The number of nitrogens with zero attached hydrogens (tertiary/aromatic N) is 3. The molecule has 3 saturated heterocycles. The van der Waals surface area contributed by atoms with Gasteiger partial charge in [0, 0.05) is 43.5 Å². The number of fused-ring (bicyclic) bond motifs is 1. The number of ether oxygens (including phenoxy) is 1. The van der Waals surface area contributed by atoms with Crippen LogP contribution in [0.15, 0.2) is 24.3 Å². The second-order valence-electron chi connectivity index (χ2n) is 11.3. The van der Waals surface area contributed by atoms with E-state index in [1.807, 2.05) is 24.3 Å². The van der Waals surface area contributed by atoms with E-state index < -0.39 is 24.4 Å². The molecule has 9 heteroatoms. The maximum absolute atomic E-state index is 14.5. The molecule has 8 nitrogen and oxygen atoms in total. The first-order valence-electron chi connectivity index (χ1n) is 14.0. The fourth-order valence-corrected chi connectivity index (χ4v) is 6.82. The standard InChI is InChI=1S/C28H37FN4O4/c29-22-16-33(25-23(34)17-37-26(22)25)28(36)24(18-4-1-2-5-18)30-27(35)19-8-10-21(11-9-19)32-14-12-31(13-15-32)20-6-3-7-20/h8-11,18,20,22,24-26H,1-7,12-17H2,(H,30,35)/t22-,24-,25+,26+/m0/s1. The average molecular weight is 513 g/mol. The van der Waals surface area contributed by atoms with Crippen molar-refractivity contribution in [1.82, 2.24) is 15.1 Å². The van der Waals surface area contributed by atoms with Crippen LogP contribution in [0.2, 0.25) is 0 Å². The van der Waals surface area contributed by atoms with Gasteiger partial charge in [0.15, 0.2) is 5.78 Å². The molecule has 2 saturated carbocycles. The fourth-order valence-electron chi connectivity index (χ4n) is 6.82. The third kappa shape index (κ3) is 4.76. The summed E-state index contributed by atoms with van der Waals surface area (Å²) in [7, 11) is 0. The highest BCUT2D eigenvalue weighted by Crippen LogP contribution is 2.34. The molecule has 0 unspecified atom stereocenters. The number of hydrogen-bond acceptors (Lipinski definition) is 6. The molecule has 37 heavy (non-hydrogen) atoms. The maximum Gasteiger partial charge on any atom is 0.251 e. The lowest BCUT2D eigenvalue weighted by molar-refractivity contribution is -0.139. The number of benzene rings is 1. The Hall–Kier alpha value is -2.52. The SMILES string of the molecule is O=C(N[C@H](C(=O)N1C[C@H](F)[C@H]2OCC(=O)[C@H]21)C1CCCC1)c1ccc(N2CCN(C3CCC3)CC2)cc1. The van der Waals surface area contributed by atoms with Crippen LogP contribution in [0.25, 0.3) is 0 Å². The van der Waals surface area contributed by atoms with Gasteiger partial charge in [0.1, 0.15) is 31.0 Å². The molecule has 3 aliphatic heterocycles. The Kier molecular flexibility index (Phi) is 6.92. The van der Waals surface area contributed by atoms with Gasteiger partial charge in [-0.1, -0.05) is 19.3 Å². The van der Waals surface area contributed by atoms with Crippen LogP contribution < -0.4 is 10.2 Å². The van der Waals surface area contributed by atoms with Crippen molar-refractivity contribution in [3.8, 4) is 0 Å². The van der Waals surface area contributed by atoms with Crippen LogP contribution >= 0.6 is 0 Å². The molecule has 2 aliphatic carbocycles. The van der Waals surface area contributed by atoms with Crippen molar-refractivity contribution in [2.24, 2.45) is 5.92 Å². The number of halogens is 1. The topological polar surface area (TPSA) is 82.2 Å². The lowest BCUT2D eigenvalue weighted by Crippen LogP contribution is -2.54. The Morgan fingerprint density at radius 2 is 1.68 bits per heavy atom. The summed E-state index contributed by atoms with van der Waals surface area (Å²) in [6.07, 6.45) is 5.37. The van der Waals surface area contributed by atoms with E-state index in [1.54, 1.807) is 0 Å². The quantitative estimate of drug-likeness (QED) is 0.629. The number of Topliss-reactive ketones (excluding diaryl/α,β-unsaturated/α-hetero) is 1. The fraction of sp³-hybridized carbons (Fsp3) is 0.679. The van der Waals surface area contributed by atoms with Crippen molar-refractivity contribution in [2.75, 3.05) is 44.2 Å². The molecule has 5 fully saturated rings. The van der Waals surface area contributed by atoms with Crippen molar-refractivity contribution in [3.63, 3.8) is 0 Å². The van der Waals surface area contributed by atoms with Gasteiger partial charge in [-0.05, 0) is 55.9 Å². The molecule has 6 rings (SSSR count). The lowest BCUT2D eigenvalue weighted by Gasteiger charge is -2.43. The number of ketones is 1. The minimum absolute atomic E-state index is 0.0165. The molecule has 200 valence electrons. The summed E-state index contributed by atoms with van der Waals surface area (Å²) in [6.45, 7) is 3.78. The van der Waals surface area contributed by atoms with Gasteiger partial charge in [-0.3, -0.25) is 19.3 Å². The van der Waals surface area contributed by atoms with Crippen molar-refractivity contribution in [3.05, 3.63) is 29.8 Å². The normalized spacial score (nSPS) is 29.9. The molecule has 0 radical (unpaired) electrons. The Morgan fingerprint density at radius 1 is 0.973 bits per heavy atom. The number of piperazine rings is 1. The molecular formula is C28H37FN4O4. The van der Waals surface area contributed by atoms with E-state index in [-0.39, 0.29) is 36.7 Å². The third-order valence-electron chi connectivity index (χ3n) is 9.23. The summed E-state index contributed by atoms with van der Waals surface area (Å²) in [6, 6.07) is 6.71. The number of likely N-dealkylation sites (tertiary alicyclic amines) is 1. The second kappa shape index (κ2) is 10.3. The van der Waals surface area contributed by atoms with Gasteiger partial charge < -0.3 is 19.9 Å². The van der Waals surface area contributed by atoms with Gasteiger partial charge in [-0.25, -0.2) is 4.39 Å². The summed E-state index contributed by atoms with van der Waals surface area (Å²) in [5.41, 5.74) is 1.60. The van der Waals surface area contributed by atoms with E-state index in [4.69, 9.17) is 4.74 Å². The minimum Gasteiger partial charge on any atom is -0.369 e. The van der Waals surface area contributed by atoms with Crippen LogP contribution in [0.1, 0.15) is 55.3 Å². The zero-order valence-corrected chi connectivity index (χ0v) is 21.3. The molecule has 1 aromatic carbocycles. The molecule has 0 bridgehead atoms. The molecule has 4 atom stereocenters. The Morgan fingerprint density at radius 3 is 2.32 bits per heavy atom. The van der Waals surface area contributed by atoms with Crippen LogP contribution in [-0.2, 0) is 14.3 Å². The molecule has 1 aromatic rings. The average Bonchev–Trinajstić information content (AvgIpc) is 3.62. The van der Waals surface area contributed by atoms with Crippen molar-refractivity contribution < 1.29 is 23.5 Å². The summed E-state index contributed by atoms with van der Waals surface area (Å²) >= 11 is 0. The van der Waals surface area contributed by atoms with Gasteiger partial charge >= 0.3 is 0 Å². The first-order valence-corrected chi connectivity index (χ1v) is 14.0. The number of amides is 2. The number of carbonyl (C=O) groups is 3. The van der Waals surface area contributed by atoms with Crippen LogP contribution in [0.4, 0.5) is 10.1 Å². The molecule has 5 aliphatic rings. The zero-order chi connectivity index (χ0) is 25.5. The molecule has 0 aromatic heterocycles. The minimum atomic E-state index is -1.39. The molecule has 2 amide bonds. The smallest absolute Gasteiger partial charge is 0.251 e. The first-order chi connectivity index (χ1) is 18.0. The first kappa shape index (κ1) is 24.8. The predicted molar refractivity (Wildman–Crippen MR) is 136 cm³/mol. The molecule has 1 N–H and O–H groups in total. The monoisotopic (exact) mass is 512 g/mol. The highest BCUT2D eigenvalue weighted by Gasteiger charge is 2.54. The predicted octanol–water partition coefficient (Wildman–Crippen LogP) is 2.17. The van der Waals surface area contributed by atoms with Gasteiger partial charge in [-0.2, -0.15) is 0 Å². The van der Waals surface area contributed by atoms with Crippen LogP contribution in [-0.4, -0.2) is 97.1 Å². The van der Waals surface area contributed by atoms with E-state index >= 15 is 0 Å². The van der Waals surface area contributed by atoms with Crippen LogP contribution in [0.5, 0.6) is 0 Å². The summed E-state index contributed by atoms with van der Waals surface area (Å²) in [5.74, 6) is -0.959. The van der Waals surface area contributed by atoms with E-state index in [0.717, 1.165) is 63.6 Å². The highest BCUT2D eigenvalue weighted by atomic mass is 19.1. The van der Waals surface area contributed by atoms with Crippen LogP contribution in [0, 0.1) is 5.92 Å². The van der Waals surface area contributed by atoms with Crippen molar-refractivity contribution >= 4 is 23.3 Å². The van der Waals surface area contributed by atoms with Crippen molar-refractivity contribution in [1.29, 1.82) is 0 Å². The van der Waals surface area contributed by atoms with Gasteiger partial charge in [0.2, 0.25) is 5.91 Å². The molecular weight excluding hydrogens is 475 g/mol. The highest BCUT2D eigenvalue weighted by molar-refractivity contribution is 5.99. The largest absolute Gasteiger partial charge is 0.369 e. The van der Waals surface area contributed by atoms with Gasteiger partial charge in [0.05, 0.1) is 6.54 Å². The number of carbonyl (C=O) groups excluding carboxylic acids is 3. The van der Waals surface area contributed by atoms with E-state index in [1.165, 1.54) is 24.2 Å². The number of alkyl halides is 1.